The fourth-order valence-corrected chi connectivity index (χ4v) is 2.47. The van der Waals surface area contributed by atoms with Gasteiger partial charge in [-0.05, 0) is 26.7 Å². The molecule has 0 amide bonds. The quantitative estimate of drug-likeness (QED) is 0.701. The fraction of sp³-hybridized carbons (Fsp3) is 1.00. The highest BCUT2D eigenvalue weighted by Gasteiger charge is 2.51. The second-order valence-corrected chi connectivity index (χ2v) is 4.26. The van der Waals surface area contributed by atoms with E-state index >= 15 is 0 Å². The molecule has 2 aliphatic heterocycles. The third kappa shape index (κ3) is 1.49. The molecule has 4 atom stereocenters. The average molecular weight is 186 g/mol. The lowest BCUT2D eigenvalue weighted by molar-refractivity contribution is -0.145. The summed E-state index contributed by atoms with van der Waals surface area (Å²) in [7, 11) is 0. The first kappa shape index (κ1) is 9.44. The molecular weight excluding hydrogens is 168 g/mol. The van der Waals surface area contributed by atoms with Gasteiger partial charge in [-0.15, -0.1) is 0 Å². The lowest BCUT2D eigenvalue weighted by Gasteiger charge is -2.34. The van der Waals surface area contributed by atoms with Gasteiger partial charge in [0.25, 0.3) is 0 Å². The lowest BCUT2D eigenvalue weighted by atomic mass is 9.94. The van der Waals surface area contributed by atoms with Crippen molar-refractivity contribution in [2.75, 3.05) is 6.61 Å². The SMILES string of the molecule is CCOC1CC2(C)OC1CCC2O. The van der Waals surface area contributed by atoms with Crippen molar-refractivity contribution in [1.29, 1.82) is 0 Å². The van der Waals surface area contributed by atoms with Gasteiger partial charge in [0.05, 0.1) is 23.9 Å². The number of hydrogen-bond acceptors (Lipinski definition) is 3. The van der Waals surface area contributed by atoms with Crippen molar-refractivity contribution >= 4 is 0 Å². The summed E-state index contributed by atoms with van der Waals surface area (Å²) in [5, 5.41) is 9.76. The van der Waals surface area contributed by atoms with Crippen molar-refractivity contribution in [1.82, 2.24) is 0 Å². The summed E-state index contributed by atoms with van der Waals surface area (Å²) in [6, 6.07) is 0. The van der Waals surface area contributed by atoms with Crippen molar-refractivity contribution in [3.8, 4) is 0 Å². The second kappa shape index (κ2) is 3.23. The van der Waals surface area contributed by atoms with E-state index in [-0.39, 0.29) is 23.9 Å². The molecule has 0 spiro atoms. The van der Waals surface area contributed by atoms with Gasteiger partial charge in [0.2, 0.25) is 0 Å². The highest BCUT2D eigenvalue weighted by Crippen LogP contribution is 2.42. The molecule has 2 heterocycles. The molecule has 2 bridgehead atoms. The van der Waals surface area contributed by atoms with E-state index in [0.29, 0.717) is 0 Å². The third-order valence-electron chi connectivity index (χ3n) is 3.25. The molecule has 2 saturated heterocycles. The van der Waals surface area contributed by atoms with Crippen LogP contribution >= 0.6 is 0 Å². The van der Waals surface area contributed by atoms with Crippen LogP contribution in [0.3, 0.4) is 0 Å². The van der Waals surface area contributed by atoms with E-state index in [9.17, 15) is 5.11 Å². The monoisotopic (exact) mass is 186 g/mol. The van der Waals surface area contributed by atoms with E-state index in [2.05, 4.69) is 0 Å². The van der Waals surface area contributed by atoms with Crippen LogP contribution in [0.25, 0.3) is 0 Å². The average Bonchev–Trinajstić information content (AvgIpc) is 2.35. The fourth-order valence-electron chi connectivity index (χ4n) is 2.47. The van der Waals surface area contributed by atoms with Gasteiger partial charge in [0.15, 0.2) is 0 Å². The van der Waals surface area contributed by atoms with E-state index in [1.165, 1.54) is 0 Å². The second-order valence-electron chi connectivity index (χ2n) is 4.26. The number of ether oxygens (including phenoxy) is 2. The topological polar surface area (TPSA) is 38.7 Å². The van der Waals surface area contributed by atoms with Crippen LogP contribution < -0.4 is 0 Å². The van der Waals surface area contributed by atoms with Crippen molar-refractivity contribution in [2.45, 2.75) is 57.0 Å². The number of fused-ring (bicyclic) bond motifs is 2. The first-order valence-electron chi connectivity index (χ1n) is 5.13. The van der Waals surface area contributed by atoms with E-state index in [1.54, 1.807) is 0 Å². The first-order valence-corrected chi connectivity index (χ1v) is 5.13. The van der Waals surface area contributed by atoms with Crippen LogP contribution in [0, 0.1) is 0 Å². The van der Waals surface area contributed by atoms with Gasteiger partial charge < -0.3 is 14.6 Å². The molecule has 2 fully saturated rings. The zero-order chi connectivity index (χ0) is 9.47. The summed E-state index contributed by atoms with van der Waals surface area (Å²) < 4.78 is 11.4. The maximum Gasteiger partial charge on any atom is 0.0942 e. The Kier molecular flexibility index (Phi) is 2.34. The number of hydrogen-bond donors (Lipinski definition) is 1. The Balaban J connectivity index is 2.07. The van der Waals surface area contributed by atoms with E-state index in [4.69, 9.17) is 9.47 Å². The summed E-state index contributed by atoms with van der Waals surface area (Å²) in [5.41, 5.74) is -0.344. The molecule has 2 rings (SSSR count). The first-order chi connectivity index (χ1) is 6.15. The Morgan fingerprint density at radius 3 is 2.92 bits per heavy atom. The molecule has 4 unspecified atom stereocenters. The van der Waals surface area contributed by atoms with Crippen LogP contribution in [-0.4, -0.2) is 35.6 Å². The Hall–Kier alpha value is -0.120. The Labute approximate surface area is 79.0 Å². The third-order valence-corrected chi connectivity index (χ3v) is 3.25. The molecule has 1 N–H and O–H groups in total. The summed E-state index contributed by atoms with van der Waals surface area (Å²) in [5.74, 6) is 0. The Morgan fingerprint density at radius 2 is 2.31 bits per heavy atom. The lowest BCUT2D eigenvalue weighted by Crippen LogP contribution is -2.42. The molecule has 76 valence electrons. The number of aliphatic hydroxyl groups is 1. The van der Waals surface area contributed by atoms with E-state index < -0.39 is 0 Å². The van der Waals surface area contributed by atoms with Gasteiger partial charge in [-0.25, -0.2) is 0 Å². The Morgan fingerprint density at radius 1 is 1.54 bits per heavy atom. The van der Waals surface area contributed by atoms with Crippen molar-refractivity contribution in [3.05, 3.63) is 0 Å². The van der Waals surface area contributed by atoms with Crippen LogP contribution in [0.4, 0.5) is 0 Å². The minimum Gasteiger partial charge on any atom is -0.390 e. The number of rotatable bonds is 2. The van der Waals surface area contributed by atoms with Crippen LogP contribution in [-0.2, 0) is 9.47 Å². The van der Waals surface area contributed by atoms with Gasteiger partial charge in [0.1, 0.15) is 0 Å². The molecule has 3 heteroatoms. The summed E-state index contributed by atoms with van der Waals surface area (Å²) in [4.78, 5) is 0. The number of aliphatic hydroxyl groups excluding tert-OH is 1. The molecule has 0 aromatic rings. The van der Waals surface area contributed by atoms with Crippen molar-refractivity contribution < 1.29 is 14.6 Å². The van der Waals surface area contributed by atoms with Crippen LogP contribution in [0.2, 0.25) is 0 Å². The van der Waals surface area contributed by atoms with Crippen LogP contribution in [0.1, 0.15) is 33.1 Å². The standard InChI is InChI=1S/C10H18O3/c1-3-12-8-6-10(2)9(11)5-4-7(8)13-10/h7-9,11H,3-6H2,1-2H3. The largest absolute Gasteiger partial charge is 0.390 e. The zero-order valence-corrected chi connectivity index (χ0v) is 8.32. The van der Waals surface area contributed by atoms with Crippen LogP contribution in [0.15, 0.2) is 0 Å². The smallest absolute Gasteiger partial charge is 0.0942 e. The maximum atomic E-state index is 9.76. The molecule has 13 heavy (non-hydrogen) atoms. The van der Waals surface area contributed by atoms with E-state index in [1.807, 2.05) is 13.8 Å². The maximum absolute atomic E-state index is 9.76. The van der Waals surface area contributed by atoms with Crippen molar-refractivity contribution in [3.63, 3.8) is 0 Å². The summed E-state index contributed by atoms with van der Waals surface area (Å²) in [6.45, 7) is 4.72. The molecule has 0 aliphatic carbocycles. The van der Waals surface area contributed by atoms with Gasteiger partial charge in [-0.1, -0.05) is 0 Å². The van der Waals surface area contributed by atoms with Crippen LogP contribution in [0.5, 0.6) is 0 Å². The van der Waals surface area contributed by atoms with Gasteiger partial charge in [-0.3, -0.25) is 0 Å². The Bertz CT molecular complexity index is 195. The molecule has 3 nitrogen and oxygen atoms in total. The highest BCUT2D eigenvalue weighted by molar-refractivity contribution is 5.00. The predicted octanol–water partition coefficient (Wildman–Crippen LogP) is 1.09. The molecule has 0 radical (unpaired) electrons. The van der Waals surface area contributed by atoms with Gasteiger partial charge in [0, 0.05) is 13.0 Å². The highest BCUT2D eigenvalue weighted by atomic mass is 16.6. The van der Waals surface area contributed by atoms with E-state index in [0.717, 1.165) is 25.9 Å². The van der Waals surface area contributed by atoms with Crippen molar-refractivity contribution in [2.24, 2.45) is 0 Å². The molecule has 0 aromatic heterocycles. The molecule has 0 aromatic carbocycles. The predicted molar refractivity (Wildman–Crippen MR) is 48.5 cm³/mol. The molecular formula is C10H18O3. The zero-order valence-electron chi connectivity index (χ0n) is 8.32. The minimum absolute atomic E-state index is 0.201. The summed E-state index contributed by atoms with van der Waals surface area (Å²) in [6.07, 6.45) is 2.73. The van der Waals surface area contributed by atoms with Gasteiger partial charge >= 0.3 is 0 Å². The normalized spacial score (nSPS) is 49.6. The molecule has 2 aliphatic rings. The summed E-state index contributed by atoms with van der Waals surface area (Å²) >= 11 is 0. The minimum atomic E-state index is -0.344. The van der Waals surface area contributed by atoms with Gasteiger partial charge in [-0.2, -0.15) is 0 Å². The molecule has 0 saturated carbocycles.